The third kappa shape index (κ3) is 6.45. The molecule has 0 atom stereocenters. The zero-order valence-electron chi connectivity index (χ0n) is 8.70. The van der Waals surface area contributed by atoms with Gasteiger partial charge in [0.1, 0.15) is 5.82 Å². The third-order valence-corrected chi connectivity index (χ3v) is 1.49. The Labute approximate surface area is 134 Å². The minimum absolute atomic E-state index is 0. The van der Waals surface area contributed by atoms with E-state index in [1.807, 2.05) is 0 Å². The Morgan fingerprint density at radius 1 is 1.31 bits per heavy atom. The average molecular weight is 250 g/mol. The fraction of sp³-hybridized carbons (Fsp3) is 0.111. The summed E-state index contributed by atoms with van der Waals surface area (Å²) in [4.78, 5) is 7.61. The van der Waals surface area contributed by atoms with Crippen molar-refractivity contribution in [2.75, 3.05) is 0 Å². The van der Waals surface area contributed by atoms with E-state index in [4.69, 9.17) is 6.42 Å². The second-order valence-corrected chi connectivity index (χ2v) is 2.80. The van der Waals surface area contributed by atoms with Crippen molar-refractivity contribution >= 4 is 13.1 Å². The van der Waals surface area contributed by atoms with Crippen molar-refractivity contribution in [2.45, 2.75) is 6.42 Å². The van der Waals surface area contributed by atoms with Crippen molar-refractivity contribution in [1.29, 1.82) is 0 Å². The van der Waals surface area contributed by atoms with E-state index in [1.165, 1.54) is 12.4 Å². The molecule has 1 aromatic rings. The molecule has 1 aromatic heterocycles. The molecular formula is C9H7BF3KN2. The predicted octanol–water partition coefficient (Wildman–Crippen LogP) is -0.944. The van der Waals surface area contributed by atoms with Gasteiger partial charge >= 0.3 is 58.4 Å². The summed E-state index contributed by atoms with van der Waals surface area (Å²) >= 11 is 0. The van der Waals surface area contributed by atoms with Gasteiger partial charge in [0.05, 0.1) is 6.42 Å². The summed E-state index contributed by atoms with van der Waals surface area (Å²) in [5, 5.41) is 0. The molecule has 0 unspecified atom stereocenters. The molecule has 0 N–H and O–H groups in total. The van der Waals surface area contributed by atoms with Gasteiger partial charge in [-0.1, -0.05) is 12.0 Å². The van der Waals surface area contributed by atoms with Gasteiger partial charge in [-0.3, -0.25) is 0 Å². The molecule has 0 spiro atoms. The van der Waals surface area contributed by atoms with Crippen LogP contribution in [0.2, 0.25) is 0 Å². The van der Waals surface area contributed by atoms with E-state index in [0.717, 1.165) is 6.08 Å². The fourth-order valence-corrected chi connectivity index (χ4v) is 0.854. The van der Waals surface area contributed by atoms with Crippen LogP contribution in [0.4, 0.5) is 12.9 Å². The Morgan fingerprint density at radius 2 is 1.88 bits per heavy atom. The van der Waals surface area contributed by atoms with Gasteiger partial charge in [0, 0.05) is 18.0 Å². The molecule has 0 bridgehead atoms. The average Bonchev–Trinajstić information content (AvgIpc) is 2.16. The van der Waals surface area contributed by atoms with E-state index in [1.54, 1.807) is 0 Å². The van der Waals surface area contributed by atoms with Gasteiger partial charge < -0.3 is 12.9 Å². The molecule has 0 amide bonds. The number of terminal acetylenes is 1. The quantitative estimate of drug-likeness (QED) is 0.511. The van der Waals surface area contributed by atoms with Crippen LogP contribution in [-0.2, 0) is 6.42 Å². The van der Waals surface area contributed by atoms with Gasteiger partial charge in [0.25, 0.3) is 0 Å². The maximum absolute atomic E-state index is 11.8. The van der Waals surface area contributed by atoms with Crippen molar-refractivity contribution in [3.8, 4) is 12.3 Å². The number of nitrogens with zero attached hydrogens (tertiary/aromatic N) is 2. The Balaban J connectivity index is 0.00000225. The van der Waals surface area contributed by atoms with Gasteiger partial charge in [-0.05, 0) is 0 Å². The van der Waals surface area contributed by atoms with Crippen molar-refractivity contribution in [3.05, 3.63) is 29.8 Å². The molecule has 1 heterocycles. The maximum Gasteiger partial charge on any atom is 1.00 e. The Hall–Kier alpha value is -0.129. The van der Waals surface area contributed by atoms with Crippen molar-refractivity contribution in [2.24, 2.45) is 0 Å². The Bertz CT molecular complexity index is 395. The molecule has 7 heteroatoms. The maximum atomic E-state index is 11.8. The first kappa shape index (κ1) is 15.9. The molecule has 0 saturated carbocycles. The number of halogens is 3. The van der Waals surface area contributed by atoms with E-state index < -0.39 is 6.98 Å². The van der Waals surface area contributed by atoms with E-state index in [0.29, 0.717) is 11.4 Å². The van der Waals surface area contributed by atoms with Crippen LogP contribution < -0.4 is 51.4 Å². The molecule has 16 heavy (non-hydrogen) atoms. The van der Waals surface area contributed by atoms with E-state index in [2.05, 4.69) is 15.9 Å². The number of hydrogen-bond acceptors (Lipinski definition) is 2. The molecule has 1 rings (SSSR count). The van der Waals surface area contributed by atoms with Crippen LogP contribution in [-0.4, -0.2) is 16.9 Å². The van der Waals surface area contributed by atoms with Crippen LogP contribution >= 0.6 is 0 Å². The Kier molecular flexibility index (Phi) is 7.19. The van der Waals surface area contributed by atoms with Crippen molar-refractivity contribution < 1.29 is 64.3 Å². The first-order chi connectivity index (χ1) is 7.01. The summed E-state index contributed by atoms with van der Waals surface area (Å²) in [6.07, 6.45) is 8.83. The minimum Gasteiger partial charge on any atom is -0.445 e. The van der Waals surface area contributed by atoms with Crippen LogP contribution in [0, 0.1) is 12.3 Å². The predicted molar refractivity (Wildman–Crippen MR) is 52.7 cm³/mol. The number of rotatable bonds is 3. The van der Waals surface area contributed by atoms with Gasteiger partial charge in [-0.25, -0.2) is 9.97 Å². The zero-order chi connectivity index (χ0) is 11.3. The van der Waals surface area contributed by atoms with Gasteiger partial charge in [0.15, 0.2) is 0 Å². The Morgan fingerprint density at radius 3 is 2.31 bits per heavy atom. The van der Waals surface area contributed by atoms with Crippen LogP contribution in [0.25, 0.3) is 6.08 Å². The molecular weight excluding hydrogens is 243 g/mol. The molecule has 0 fully saturated rings. The number of hydrogen-bond donors (Lipinski definition) is 0. The monoisotopic (exact) mass is 250 g/mol. The molecule has 0 aliphatic rings. The normalized spacial score (nSPS) is 10.9. The number of aromatic nitrogens is 2. The molecule has 0 saturated heterocycles. The molecule has 0 aliphatic heterocycles. The van der Waals surface area contributed by atoms with Crippen LogP contribution in [0.15, 0.2) is 18.4 Å². The van der Waals surface area contributed by atoms with Crippen molar-refractivity contribution in [3.63, 3.8) is 0 Å². The van der Waals surface area contributed by atoms with Crippen LogP contribution in [0.3, 0.4) is 0 Å². The second kappa shape index (κ2) is 7.25. The molecule has 2 nitrogen and oxygen atoms in total. The van der Waals surface area contributed by atoms with Gasteiger partial charge in [-0.2, -0.15) is 0 Å². The SMILES string of the molecule is C#CCc1ncc(/C=C/[B-](F)(F)F)cn1.[K+]. The molecule has 0 aromatic carbocycles. The molecule has 0 radical (unpaired) electrons. The summed E-state index contributed by atoms with van der Waals surface area (Å²) in [5.41, 5.74) is 0.301. The van der Waals surface area contributed by atoms with E-state index in [-0.39, 0.29) is 63.8 Å². The van der Waals surface area contributed by atoms with Crippen LogP contribution in [0.5, 0.6) is 0 Å². The first-order valence-corrected chi connectivity index (χ1v) is 4.15. The van der Waals surface area contributed by atoms with Crippen molar-refractivity contribution in [1.82, 2.24) is 9.97 Å². The smallest absolute Gasteiger partial charge is 0.445 e. The topological polar surface area (TPSA) is 25.8 Å². The largest absolute Gasteiger partial charge is 1.00 e. The fourth-order valence-electron chi connectivity index (χ4n) is 0.854. The summed E-state index contributed by atoms with van der Waals surface area (Å²) in [5.74, 6) is 2.96. The standard InChI is InChI=1S/C9H7BF3N2.K/c1-2-3-9-14-6-8(7-15-9)4-5-10(11,12)13;/h1,4-7H,3H2;/q-1;+1/b5-4+;. The van der Waals surface area contributed by atoms with Gasteiger partial charge in [-0.15, -0.1) is 12.4 Å². The van der Waals surface area contributed by atoms with E-state index >= 15 is 0 Å². The molecule has 0 aliphatic carbocycles. The first-order valence-electron chi connectivity index (χ1n) is 4.15. The third-order valence-electron chi connectivity index (χ3n) is 1.49. The van der Waals surface area contributed by atoms with Gasteiger partial charge in [0.2, 0.25) is 0 Å². The second-order valence-electron chi connectivity index (χ2n) is 2.80. The molecule has 78 valence electrons. The zero-order valence-corrected chi connectivity index (χ0v) is 11.8. The summed E-state index contributed by atoms with van der Waals surface area (Å²) in [7, 11) is 0. The summed E-state index contributed by atoms with van der Waals surface area (Å²) in [6.45, 7) is -4.91. The summed E-state index contributed by atoms with van der Waals surface area (Å²) in [6, 6.07) is 0. The van der Waals surface area contributed by atoms with Crippen LogP contribution in [0.1, 0.15) is 11.4 Å². The minimum atomic E-state index is -4.91. The summed E-state index contributed by atoms with van der Waals surface area (Å²) < 4.78 is 35.5. The van der Waals surface area contributed by atoms with E-state index in [9.17, 15) is 12.9 Å².